The molecular formula is C35H43FN4. The van der Waals surface area contributed by atoms with E-state index in [0.29, 0.717) is 11.5 Å². The van der Waals surface area contributed by atoms with Gasteiger partial charge in [-0.2, -0.15) is 5.26 Å². The molecule has 2 N–H and O–H groups in total. The van der Waals surface area contributed by atoms with Gasteiger partial charge in [-0.25, -0.2) is 4.39 Å². The Bertz CT molecular complexity index is 1430. The highest BCUT2D eigenvalue weighted by Gasteiger charge is 2.15. The SMILES string of the molecule is C=CC(C)c1ccc(F)cc1.CC.CCc1cc2ncc(C)c(C(=NC)c3ccc(C#N)cc3)c2cc1C.CN. The van der Waals surface area contributed by atoms with E-state index in [-0.39, 0.29) is 5.82 Å². The first-order valence-corrected chi connectivity index (χ1v) is 13.6. The molecule has 3 aromatic carbocycles. The van der Waals surface area contributed by atoms with Gasteiger partial charge in [0.1, 0.15) is 5.82 Å². The molecular weight excluding hydrogens is 495 g/mol. The minimum absolute atomic E-state index is 0.190. The Balaban J connectivity index is 0.000000446. The first-order chi connectivity index (χ1) is 19.3. The number of aromatic nitrogens is 1. The topological polar surface area (TPSA) is 75.1 Å². The van der Waals surface area contributed by atoms with E-state index >= 15 is 0 Å². The summed E-state index contributed by atoms with van der Waals surface area (Å²) in [6.45, 7) is 16.1. The lowest BCUT2D eigenvalue weighted by molar-refractivity contribution is 0.626. The van der Waals surface area contributed by atoms with Crippen LogP contribution in [0.15, 0.2) is 84.5 Å². The summed E-state index contributed by atoms with van der Waals surface area (Å²) in [5.41, 5.74) is 14.0. The zero-order valence-electron chi connectivity index (χ0n) is 25.2. The van der Waals surface area contributed by atoms with Crippen LogP contribution in [-0.2, 0) is 6.42 Å². The fourth-order valence-corrected chi connectivity index (χ4v) is 4.18. The number of aliphatic imine (C=N–C) groups is 1. The first kappa shape index (κ1) is 33.9. The molecule has 1 atom stereocenters. The molecule has 0 aliphatic rings. The molecule has 0 radical (unpaired) electrons. The van der Waals surface area contributed by atoms with Gasteiger partial charge in [0.05, 0.1) is 22.9 Å². The molecule has 210 valence electrons. The third-order valence-corrected chi connectivity index (χ3v) is 6.39. The van der Waals surface area contributed by atoms with Gasteiger partial charge in [-0.3, -0.25) is 9.98 Å². The van der Waals surface area contributed by atoms with Crippen LogP contribution in [0.5, 0.6) is 0 Å². The number of nitrogens with two attached hydrogens (primary N) is 1. The Morgan fingerprint density at radius 2 is 1.65 bits per heavy atom. The second kappa shape index (κ2) is 17.4. The van der Waals surface area contributed by atoms with Crippen molar-refractivity contribution in [2.75, 3.05) is 14.1 Å². The second-order valence-electron chi connectivity index (χ2n) is 8.80. The minimum Gasteiger partial charge on any atom is -0.333 e. The van der Waals surface area contributed by atoms with E-state index in [1.165, 1.54) is 30.3 Å². The maximum absolute atomic E-state index is 12.4. The summed E-state index contributed by atoms with van der Waals surface area (Å²) in [5, 5.41) is 10.1. The molecule has 0 saturated carbocycles. The molecule has 0 aliphatic heterocycles. The van der Waals surface area contributed by atoms with Crippen LogP contribution in [0.3, 0.4) is 0 Å². The highest BCUT2D eigenvalue weighted by Crippen LogP contribution is 2.27. The Labute approximate surface area is 240 Å². The zero-order valence-corrected chi connectivity index (χ0v) is 25.2. The fourth-order valence-electron chi connectivity index (χ4n) is 4.18. The summed E-state index contributed by atoms with van der Waals surface area (Å²) in [6, 6.07) is 20.6. The summed E-state index contributed by atoms with van der Waals surface area (Å²) in [5.74, 6) is 0.112. The Morgan fingerprint density at radius 1 is 1.05 bits per heavy atom. The van der Waals surface area contributed by atoms with Crippen LogP contribution in [0.25, 0.3) is 10.9 Å². The van der Waals surface area contributed by atoms with Crippen molar-refractivity contribution in [3.05, 3.63) is 124 Å². The molecule has 4 rings (SSSR count). The standard InChI is InChI=1S/C22H21N3.C10H11F.C2H6.CH5N/c1-5-17-11-20-19(10-14(17)2)21(15(3)13-25-20)22(24-4)18-8-6-16(12-23)7-9-18;1-3-8(2)9-4-6-10(11)7-5-9;2*1-2/h6-11,13H,5H2,1-4H3;3-8H,1H2,2H3;1-2H3;2H2,1H3. The minimum atomic E-state index is -0.190. The Kier molecular flexibility index (Phi) is 14.8. The normalized spacial score (nSPS) is 11.0. The van der Waals surface area contributed by atoms with Gasteiger partial charge in [0.2, 0.25) is 0 Å². The zero-order chi connectivity index (χ0) is 30.2. The summed E-state index contributed by atoms with van der Waals surface area (Å²) >= 11 is 0. The van der Waals surface area contributed by atoms with E-state index in [0.717, 1.165) is 45.3 Å². The molecule has 0 amide bonds. The van der Waals surface area contributed by atoms with Crippen LogP contribution in [0.4, 0.5) is 4.39 Å². The third-order valence-electron chi connectivity index (χ3n) is 6.39. The molecule has 4 nitrogen and oxygen atoms in total. The van der Waals surface area contributed by atoms with Crippen molar-refractivity contribution in [2.45, 2.75) is 53.9 Å². The van der Waals surface area contributed by atoms with E-state index in [9.17, 15) is 4.39 Å². The fraction of sp³-hybridized carbons (Fsp3) is 0.286. The number of fused-ring (bicyclic) bond motifs is 1. The van der Waals surface area contributed by atoms with Crippen LogP contribution in [0, 0.1) is 31.0 Å². The van der Waals surface area contributed by atoms with E-state index < -0.39 is 0 Å². The van der Waals surface area contributed by atoms with E-state index in [1.807, 2.05) is 64.4 Å². The van der Waals surface area contributed by atoms with Crippen LogP contribution in [0.1, 0.15) is 72.6 Å². The van der Waals surface area contributed by atoms with Gasteiger partial charge in [-0.05, 0) is 91.9 Å². The predicted octanol–water partition coefficient (Wildman–Crippen LogP) is 8.47. The summed E-state index contributed by atoms with van der Waals surface area (Å²) in [7, 11) is 3.31. The van der Waals surface area contributed by atoms with E-state index in [2.05, 4.69) is 61.3 Å². The summed E-state index contributed by atoms with van der Waals surface area (Å²) in [6.07, 6.45) is 4.76. The lowest BCUT2D eigenvalue weighted by atomic mass is 9.92. The Morgan fingerprint density at radius 3 is 2.15 bits per heavy atom. The second-order valence-corrected chi connectivity index (χ2v) is 8.80. The van der Waals surface area contributed by atoms with Gasteiger partial charge < -0.3 is 5.73 Å². The van der Waals surface area contributed by atoms with Crippen LogP contribution in [0.2, 0.25) is 0 Å². The molecule has 1 aromatic heterocycles. The number of nitriles is 1. The van der Waals surface area contributed by atoms with Crippen molar-refractivity contribution in [2.24, 2.45) is 10.7 Å². The molecule has 1 heterocycles. The van der Waals surface area contributed by atoms with Gasteiger partial charge in [0.15, 0.2) is 0 Å². The largest absolute Gasteiger partial charge is 0.333 e. The van der Waals surface area contributed by atoms with Crippen LogP contribution in [-0.4, -0.2) is 24.8 Å². The van der Waals surface area contributed by atoms with Crippen molar-refractivity contribution < 1.29 is 4.39 Å². The average Bonchev–Trinajstić information content (AvgIpc) is 3.01. The number of aryl methyl sites for hydroxylation is 3. The van der Waals surface area contributed by atoms with Crippen molar-refractivity contribution in [3.63, 3.8) is 0 Å². The summed E-state index contributed by atoms with van der Waals surface area (Å²) < 4.78 is 12.4. The van der Waals surface area contributed by atoms with Crippen molar-refractivity contribution in [1.29, 1.82) is 5.26 Å². The van der Waals surface area contributed by atoms with Crippen molar-refractivity contribution >= 4 is 16.6 Å². The van der Waals surface area contributed by atoms with Gasteiger partial charge in [-0.1, -0.05) is 58.0 Å². The molecule has 5 heteroatoms. The monoisotopic (exact) mass is 538 g/mol. The number of benzene rings is 3. The van der Waals surface area contributed by atoms with Crippen LogP contribution < -0.4 is 5.73 Å². The molecule has 0 fully saturated rings. The quantitative estimate of drug-likeness (QED) is 0.204. The average molecular weight is 539 g/mol. The lowest BCUT2D eigenvalue weighted by Gasteiger charge is -2.15. The van der Waals surface area contributed by atoms with Crippen molar-refractivity contribution in [1.82, 2.24) is 4.98 Å². The predicted molar refractivity (Wildman–Crippen MR) is 170 cm³/mol. The summed E-state index contributed by atoms with van der Waals surface area (Å²) in [4.78, 5) is 9.20. The number of hydrogen-bond acceptors (Lipinski definition) is 4. The molecule has 1 unspecified atom stereocenters. The molecule has 0 saturated heterocycles. The number of rotatable bonds is 5. The maximum atomic E-state index is 12.4. The third kappa shape index (κ3) is 8.69. The van der Waals surface area contributed by atoms with Crippen molar-refractivity contribution in [3.8, 4) is 6.07 Å². The first-order valence-electron chi connectivity index (χ1n) is 13.6. The number of pyridine rings is 1. The smallest absolute Gasteiger partial charge is 0.123 e. The molecule has 40 heavy (non-hydrogen) atoms. The molecule has 4 aromatic rings. The van der Waals surface area contributed by atoms with Gasteiger partial charge in [0, 0.05) is 29.8 Å². The van der Waals surface area contributed by atoms with E-state index in [4.69, 9.17) is 5.26 Å². The number of hydrogen-bond donors (Lipinski definition) is 1. The molecule has 0 spiro atoms. The van der Waals surface area contributed by atoms with Gasteiger partial charge >= 0.3 is 0 Å². The Hall–Kier alpha value is -4.14. The highest BCUT2D eigenvalue weighted by molar-refractivity contribution is 6.20. The van der Waals surface area contributed by atoms with Gasteiger partial charge in [-0.15, -0.1) is 6.58 Å². The maximum Gasteiger partial charge on any atom is 0.123 e. The lowest BCUT2D eigenvalue weighted by Crippen LogP contribution is -2.08. The van der Waals surface area contributed by atoms with Gasteiger partial charge in [0.25, 0.3) is 0 Å². The van der Waals surface area contributed by atoms with Crippen LogP contribution >= 0.6 is 0 Å². The molecule has 0 bridgehead atoms. The number of halogens is 1. The number of allylic oxidation sites excluding steroid dienone is 1. The molecule has 0 aliphatic carbocycles. The van der Waals surface area contributed by atoms with E-state index in [1.54, 1.807) is 12.1 Å². The number of nitrogens with zero attached hydrogens (tertiary/aromatic N) is 3. The highest BCUT2D eigenvalue weighted by atomic mass is 19.1.